The molecule has 0 radical (unpaired) electrons. The second kappa shape index (κ2) is 6.71. The molecule has 4 nitrogen and oxygen atoms in total. The first-order chi connectivity index (χ1) is 10.7. The van der Waals surface area contributed by atoms with Gasteiger partial charge < -0.3 is 5.32 Å². The molecule has 3 aromatic heterocycles. The molecule has 0 unspecified atom stereocenters. The van der Waals surface area contributed by atoms with E-state index in [0.29, 0.717) is 5.92 Å². The monoisotopic (exact) mass is 332 g/mol. The number of rotatable bonds is 6. The molecule has 1 N–H and O–H groups in total. The van der Waals surface area contributed by atoms with Gasteiger partial charge in [-0.3, -0.25) is 0 Å². The van der Waals surface area contributed by atoms with Crippen molar-refractivity contribution in [3.05, 3.63) is 33.4 Å². The molecule has 0 amide bonds. The highest BCUT2D eigenvalue weighted by molar-refractivity contribution is 7.16. The number of nitrogens with one attached hydrogen (secondary N) is 1. The molecule has 0 fully saturated rings. The first-order valence-electron chi connectivity index (χ1n) is 7.57. The molecule has 0 aliphatic heterocycles. The quantitative estimate of drug-likeness (QED) is 0.721. The summed E-state index contributed by atoms with van der Waals surface area (Å²) in [5, 5.41) is 7.84. The van der Waals surface area contributed by atoms with Crippen LogP contribution in [0.3, 0.4) is 0 Å². The van der Waals surface area contributed by atoms with Crippen LogP contribution in [-0.2, 0) is 19.4 Å². The molecule has 0 aromatic carbocycles. The minimum atomic E-state index is 0.645. The van der Waals surface area contributed by atoms with Gasteiger partial charge in [0.15, 0.2) is 0 Å². The predicted octanol–water partition coefficient (Wildman–Crippen LogP) is 4.52. The third-order valence-electron chi connectivity index (χ3n) is 3.30. The van der Waals surface area contributed by atoms with Crippen LogP contribution in [0.5, 0.6) is 0 Å². The van der Waals surface area contributed by atoms with Crippen LogP contribution in [0.2, 0.25) is 0 Å². The molecule has 3 aromatic rings. The molecule has 0 saturated carbocycles. The summed E-state index contributed by atoms with van der Waals surface area (Å²) in [6.07, 6.45) is 3.87. The van der Waals surface area contributed by atoms with Crippen LogP contribution >= 0.6 is 22.7 Å². The SMILES string of the molecule is CCc1nc(NCc2cnc(CC(C)C)s2)c2ccsc2n1. The number of aryl methyl sites for hydroxylation is 1. The molecule has 0 saturated heterocycles. The van der Waals surface area contributed by atoms with Crippen molar-refractivity contribution in [2.75, 3.05) is 5.32 Å². The fourth-order valence-corrected chi connectivity index (χ4v) is 4.09. The van der Waals surface area contributed by atoms with Crippen molar-refractivity contribution in [2.45, 2.75) is 40.2 Å². The van der Waals surface area contributed by atoms with Gasteiger partial charge in [-0.15, -0.1) is 22.7 Å². The molecular weight excluding hydrogens is 312 g/mol. The highest BCUT2D eigenvalue weighted by atomic mass is 32.1. The van der Waals surface area contributed by atoms with Crippen molar-refractivity contribution in [1.29, 1.82) is 0 Å². The van der Waals surface area contributed by atoms with Crippen molar-refractivity contribution in [2.24, 2.45) is 5.92 Å². The minimum absolute atomic E-state index is 0.645. The summed E-state index contributed by atoms with van der Waals surface area (Å²) in [5.74, 6) is 2.47. The van der Waals surface area contributed by atoms with Gasteiger partial charge >= 0.3 is 0 Å². The lowest BCUT2D eigenvalue weighted by molar-refractivity contribution is 0.644. The zero-order valence-corrected chi connectivity index (χ0v) is 14.7. The predicted molar refractivity (Wildman–Crippen MR) is 94.8 cm³/mol. The molecular formula is C16H20N4S2. The Bertz CT molecular complexity index is 760. The second-order valence-electron chi connectivity index (χ2n) is 5.65. The second-order valence-corrected chi connectivity index (χ2v) is 7.75. The van der Waals surface area contributed by atoms with E-state index in [-0.39, 0.29) is 0 Å². The van der Waals surface area contributed by atoms with Crippen molar-refractivity contribution in [3.63, 3.8) is 0 Å². The minimum Gasteiger partial charge on any atom is -0.364 e. The lowest BCUT2D eigenvalue weighted by Gasteiger charge is -2.07. The third kappa shape index (κ3) is 3.44. The van der Waals surface area contributed by atoms with Gasteiger partial charge in [-0.25, -0.2) is 15.0 Å². The summed E-state index contributed by atoms with van der Waals surface area (Å²) in [6, 6.07) is 2.08. The fraction of sp³-hybridized carbons (Fsp3) is 0.438. The van der Waals surface area contributed by atoms with Crippen molar-refractivity contribution < 1.29 is 0 Å². The Morgan fingerprint density at radius 2 is 2.14 bits per heavy atom. The van der Waals surface area contributed by atoms with Crippen molar-refractivity contribution in [1.82, 2.24) is 15.0 Å². The number of thiazole rings is 1. The average molecular weight is 332 g/mol. The van der Waals surface area contributed by atoms with Gasteiger partial charge in [-0.1, -0.05) is 20.8 Å². The van der Waals surface area contributed by atoms with Crippen LogP contribution in [-0.4, -0.2) is 15.0 Å². The lowest BCUT2D eigenvalue weighted by atomic mass is 10.1. The van der Waals surface area contributed by atoms with Gasteiger partial charge in [0, 0.05) is 23.9 Å². The Hall–Kier alpha value is -1.53. The van der Waals surface area contributed by atoms with Crippen LogP contribution in [0.1, 0.15) is 36.5 Å². The molecule has 0 aliphatic carbocycles. The van der Waals surface area contributed by atoms with Crippen LogP contribution in [0.15, 0.2) is 17.6 Å². The smallest absolute Gasteiger partial charge is 0.138 e. The maximum Gasteiger partial charge on any atom is 0.138 e. The topological polar surface area (TPSA) is 50.7 Å². The molecule has 0 bridgehead atoms. The van der Waals surface area contributed by atoms with E-state index in [2.05, 4.69) is 52.5 Å². The van der Waals surface area contributed by atoms with E-state index in [1.807, 2.05) is 6.20 Å². The molecule has 0 atom stereocenters. The van der Waals surface area contributed by atoms with E-state index >= 15 is 0 Å². The summed E-state index contributed by atoms with van der Waals surface area (Å²) in [4.78, 5) is 16.0. The zero-order chi connectivity index (χ0) is 15.5. The van der Waals surface area contributed by atoms with Crippen LogP contribution in [0.4, 0.5) is 5.82 Å². The molecule has 3 heterocycles. The molecule has 0 aliphatic rings. The van der Waals surface area contributed by atoms with Crippen LogP contribution in [0, 0.1) is 5.92 Å². The Kier molecular flexibility index (Phi) is 4.69. The van der Waals surface area contributed by atoms with E-state index in [4.69, 9.17) is 0 Å². The van der Waals surface area contributed by atoms with Crippen LogP contribution < -0.4 is 5.32 Å². The Morgan fingerprint density at radius 3 is 2.91 bits per heavy atom. The molecule has 22 heavy (non-hydrogen) atoms. The zero-order valence-electron chi connectivity index (χ0n) is 13.1. The summed E-state index contributed by atoms with van der Waals surface area (Å²) >= 11 is 3.45. The summed E-state index contributed by atoms with van der Waals surface area (Å²) in [6.45, 7) is 7.29. The van der Waals surface area contributed by atoms with Crippen molar-refractivity contribution >= 4 is 38.7 Å². The van der Waals surface area contributed by atoms with Gasteiger partial charge in [-0.05, 0) is 17.4 Å². The average Bonchev–Trinajstić information content (AvgIpc) is 3.12. The van der Waals surface area contributed by atoms with Crippen molar-refractivity contribution in [3.8, 4) is 0 Å². The first kappa shape index (κ1) is 15.4. The number of nitrogens with zero attached hydrogens (tertiary/aromatic N) is 3. The highest BCUT2D eigenvalue weighted by Gasteiger charge is 2.09. The third-order valence-corrected chi connectivity index (χ3v) is 5.13. The number of fused-ring (bicyclic) bond motifs is 1. The fourth-order valence-electron chi connectivity index (χ4n) is 2.24. The van der Waals surface area contributed by atoms with E-state index < -0.39 is 0 Å². The Balaban J connectivity index is 1.76. The Labute approximate surface area is 138 Å². The number of hydrogen-bond donors (Lipinski definition) is 1. The molecule has 0 spiro atoms. The molecule has 3 rings (SSSR count). The van der Waals surface area contributed by atoms with E-state index in [1.54, 1.807) is 22.7 Å². The number of anilines is 1. The molecule has 6 heteroatoms. The number of thiophene rings is 1. The van der Waals surface area contributed by atoms with E-state index in [0.717, 1.165) is 41.2 Å². The number of aromatic nitrogens is 3. The Morgan fingerprint density at radius 1 is 1.27 bits per heavy atom. The van der Waals surface area contributed by atoms with Gasteiger partial charge in [0.1, 0.15) is 16.5 Å². The lowest BCUT2D eigenvalue weighted by Crippen LogP contribution is -2.03. The summed E-state index contributed by atoms with van der Waals surface area (Å²) < 4.78 is 0. The standard InChI is InChI=1S/C16H20N4S2/c1-4-13-19-15(12-5-6-21-16(12)20-13)18-9-11-8-17-14(22-11)7-10(2)3/h5-6,8,10H,4,7,9H2,1-3H3,(H,18,19,20). The number of hydrogen-bond acceptors (Lipinski definition) is 6. The summed E-state index contributed by atoms with van der Waals surface area (Å²) in [7, 11) is 0. The van der Waals surface area contributed by atoms with Gasteiger partial charge in [0.25, 0.3) is 0 Å². The maximum atomic E-state index is 4.63. The first-order valence-corrected chi connectivity index (χ1v) is 9.27. The van der Waals surface area contributed by atoms with E-state index in [1.165, 1.54) is 9.88 Å². The maximum absolute atomic E-state index is 4.63. The summed E-state index contributed by atoms with van der Waals surface area (Å²) in [5.41, 5.74) is 0. The largest absolute Gasteiger partial charge is 0.364 e. The van der Waals surface area contributed by atoms with E-state index in [9.17, 15) is 0 Å². The van der Waals surface area contributed by atoms with Gasteiger partial charge in [0.2, 0.25) is 0 Å². The normalized spacial score (nSPS) is 11.5. The van der Waals surface area contributed by atoms with Gasteiger partial charge in [0.05, 0.1) is 16.9 Å². The van der Waals surface area contributed by atoms with Gasteiger partial charge in [-0.2, -0.15) is 0 Å². The molecule has 116 valence electrons. The van der Waals surface area contributed by atoms with Crippen LogP contribution in [0.25, 0.3) is 10.2 Å². The highest BCUT2D eigenvalue weighted by Crippen LogP contribution is 2.26.